The molecule has 0 radical (unpaired) electrons. The summed E-state index contributed by atoms with van der Waals surface area (Å²) in [7, 11) is -3.88. The van der Waals surface area contributed by atoms with Crippen LogP contribution in [0.4, 0.5) is 4.39 Å². The molecule has 1 amide bonds. The third-order valence-corrected chi connectivity index (χ3v) is 7.20. The first-order valence-corrected chi connectivity index (χ1v) is 11.2. The predicted molar refractivity (Wildman–Crippen MR) is 100 cm³/mol. The molecule has 1 aromatic carbocycles. The van der Waals surface area contributed by atoms with Gasteiger partial charge < -0.3 is 0 Å². The number of benzene rings is 1. The van der Waals surface area contributed by atoms with Gasteiger partial charge >= 0.3 is 10.2 Å². The lowest BCUT2D eigenvalue weighted by molar-refractivity contribution is 0.0973. The van der Waals surface area contributed by atoms with Gasteiger partial charge in [0.1, 0.15) is 5.82 Å². The Bertz CT molecular complexity index is 829. The van der Waals surface area contributed by atoms with Crippen molar-refractivity contribution in [3.63, 3.8) is 0 Å². The molecule has 2 aliphatic heterocycles. The maximum Gasteiger partial charge on any atom is 0.304 e. The highest BCUT2D eigenvalue weighted by atomic mass is 32.2. The number of amides is 1. The van der Waals surface area contributed by atoms with Crippen molar-refractivity contribution in [2.24, 2.45) is 0 Å². The van der Waals surface area contributed by atoms with E-state index in [2.05, 4.69) is 4.90 Å². The van der Waals surface area contributed by atoms with Gasteiger partial charge in [0.2, 0.25) is 0 Å². The zero-order valence-electron chi connectivity index (χ0n) is 15.4. The minimum absolute atomic E-state index is 0.177. The summed E-state index contributed by atoms with van der Waals surface area (Å²) in [5.74, 6) is -1.18. The molecule has 4 rings (SSSR count). The maximum atomic E-state index is 14.7. The Labute approximate surface area is 159 Å². The first-order valence-electron chi connectivity index (χ1n) is 9.81. The summed E-state index contributed by atoms with van der Waals surface area (Å²) in [5.41, 5.74) is 1.75. The van der Waals surface area contributed by atoms with Crippen molar-refractivity contribution in [2.45, 2.75) is 51.0 Å². The fourth-order valence-electron chi connectivity index (χ4n) is 3.84. The van der Waals surface area contributed by atoms with Crippen molar-refractivity contribution in [1.29, 1.82) is 0 Å². The molecule has 148 valence electrons. The van der Waals surface area contributed by atoms with Gasteiger partial charge in [-0.2, -0.15) is 12.7 Å². The number of carbonyl (C=O) groups is 1. The molecule has 27 heavy (non-hydrogen) atoms. The van der Waals surface area contributed by atoms with E-state index >= 15 is 0 Å². The lowest BCUT2D eigenvalue weighted by Gasteiger charge is -2.29. The Hall–Kier alpha value is -1.51. The molecule has 0 spiro atoms. The number of piperidine rings is 1. The van der Waals surface area contributed by atoms with E-state index in [1.165, 1.54) is 16.8 Å². The highest BCUT2D eigenvalue weighted by molar-refractivity contribution is 7.87. The van der Waals surface area contributed by atoms with Gasteiger partial charge in [0.05, 0.1) is 5.56 Å². The second-order valence-electron chi connectivity index (χ2n) is 7.83. The molecule has 0 bridgehead atoms. The first-order chi connectivity index (χ1) is 12.9. The summed E-state index contributed by atoms with van der Waals surface area (Å²) < 4.78 is 42.2. The molecule has 0 unspecified atom stereocenters. The van der Waals surface area contributed by atoms with Crippen molar-refractivity contribution in [3.05, 3.63) is 34.6 Å². The van der Waals surface area contributed by atoms with E-state index in [1.54, 1.807) is 6.07 Å². The van der Waals surface area contributed by atoms with E-state index in [4.69, 9.17) is 0 Å². The Morgan fingerprint density at radius 1 is 1.07 bits per heavy atom. The van der Waals surface area contributed by atoms with Crippen molar-refractivity contribution >= 4 is 16.1 Å². The molecule has 0 aromatic heterocycles. The van der Waals surface area contributed by atoms with Gasteiger partial charge in [0, 0.05) is 19.6 Å². The predicted octanol–water partition coefficient (Wildman–Crippen LogP) is 2.37. The molecule has 1 aromatic rings. The van der Waals surface area contributed by atoms with Crippen molar-refractivity contribution in [1.82, 2.24) is 13.9 Å². The number of carbonyl (C=O) groups excluding carboxylic acids is 1. The molecule has 8 heteroatoms. The molecule has 3 fully saturated rings. The van der Waals surface area contributed by atoms with Gasteiger partial charge in [0.25, 0.3) is 5.91 Å². The Kier molecular flexibility index (Phi) is 5.22. The molecule has 6 nitrogen and oxygen atoms in total. The summed E-state index contributed by atoms with van der Waals surface area (Å²) >= 11 is 0. The molecule has 2 heterocycles. The topological polar surface area (TPSA) is 69.7 Å². The van der Waals surface area contributed by atoms with Gasteiger partial charge in [-0.1, -0.05) is 6.42 Å². The fourth-order valence-corrected chi connectivity index (χ4v) is 5.05. The van der Waals surface area contributed by atoms with Crippen LogP contribution >= 0.6 is 0 Å². The average molecular weight is 396 g/mol. The number of halogens is 1. The van der Waals surface area contributed by atoms with Crippen LogP contribution in [0.1, 0.15) is 65.9 Å². The Balaban J connectivity index is 1.56. The van der Waals surface area contributed by atoms with Gasteiger partial charge in [-0.05, 0) is 74.4 Å². The van der Waals surface area contributed by atoms with Crippen LogP contribution in [-0.4, -0.2) is 49.7 Å². The van der Waals surface area contributed by atoms with Crippen LogP contribution in [0, 0.1) is 5.82 Å². The van der Waals surface area contributed by atoms with Gasteiger partial charge in [-0.15, -0.1) is 0 Å². The SMILES string of the molecule is O=C(NS(=O)(=O)N1CCC1)c1cc(C2CC2)c(CN2CCCCC2)cc1F. The summed E-state index contributed by atoms with van der Waals surface area (Å²) in [5, 5.41) is 0. The van der Waals surface area contributed by atoms with Crippen LogP contribution in [0.25, 0.3) is 0 Å². The molecule has 1 aliphatic carbocycles. The highest BCUT2D eigenvalue weighted by Crippen LogP contribution is 2.42. The molecule has 3 aliphatic rings. The van der Waals surface area contributed by atoms with Crippen molar-refractivity contribution in [2.75, 3.05) is 26.2 Å². The number of hydrogen-bond donors (Lipinski definition) is 1. The summed E-state index contributed by atoms with van der Waals surface area (Å²) in [6, 6.07) is 3.01. The third-order valence-electron chi connectivity index (χ3n) is 5.71. The van der Waals surface area contributed by atoms with Gasteiger partial charge in [-0.25, -0.2) is 9.11 Å². The van der Waals surface area contributed by atoms with E-state index in [1.807, 2.05) is 4.72 Å². The van der Waals surface area contributed by atoms with Crippen LogP contribution < -0.4 is 4.72 Å². The lowest BCUT2D eigenvalue weighted by Crippen LogP contribution is -2.49. The average Bonchev–Trinajstić information content (AvgIpc) is 3.38. The summed E-state index contributed by atoms with van der Waals surface area (Å²) in [6.07, 6.45) is 6.41. The van der Waals surface area contributed by atoms with E-state index in [0.29, 0.717) is 25.6 Å². The molecule has 0 atom stereocenters. The molecular formula is C19H26FN3O3S. The number of hydrogen-bond acceptors (Lipinski definition) is 4. The quantitative estimate of drug-likeness (QED) is 0.803. The van der Waals surface area contributed by atoms with Crippen LogP contribution in [0.2, 0.25) is 0 Å². The van der Waals surface area contributed by atoms with Crippen molar-refractivity contribution in [3.8, 4) is 0 Å². The molecular weight excluding hydrogens is 369 g/mol. The van der Waals surface area contributed by atoms with Crippen molar-refractivity contribution < 1.29 is 17.6 Å². The van der Waals surface area contributed by atoms with E-state index in [0.717, 1.165) is 56.3 Å². The zero-order chi connectivity index (χ0) is 19.0. The minimum atomic E-state index is -3.88. The number of rotatable bonds is 6. The van der Waals surface area contributed by atoms with E-state index in [-0.39, 0.29) is 5.56 Å². The van der Waals surface area contributed by atoms with Crippen LogP contribution in [0.15, 0.2) is 12.1 Å². The molecule has 1 saturated carbocycles. The second-order valence-corrected chi connectivity index (χ2v) is 9.50. The maximum absolute atomic E-state index is 14.7. The van der Waals surface area contributed by atoms with Crippen LogP contribution in [0.5, 0.6) is 0 Å². The van der Waals surface area contributed by atoms with Crippen LogP contribution in [-0.2, 0) is 16.8 Å². The summed E-state index contributed by atoms with van der Waals surface area (Å²) in [6.45, 7) is 3.52. The first kappa shape index (κ1) is 18.8. The third kappa shape index (κ3) is 4.17. The summed E-state index contributed by atoms with van der Waals surface area (Å²) in [4.78, 5) is 14.8. The minimum Gasteiger partial charge on any atom is -0.299 e. The Morgan fingerprint density at radius 2 is 1.78 bits per heavy atom. The zero-order valence-corrected chi connectivity index (χ0v) is 16.2. The number of likely N-dealkylation sites (tertiary alicyclic amines) is 1. The monoisotopic (exact) mass is 395 g/mol. The lowest BCUT2D eigenvalue weighted by atomic mass is 9.98. The number of nitrogens with one attached hydrogen (secondary N) is 1. The Morgan fingerprint density at radius 3 is 2.37 bits per heavy atom. The van der Waals surface area contributed by atoms with Crippen LogP contribution in [0.3, 0.4) is 0 Å². The standard InChI is InChI=1S/C19H26FN3O3S/c20-18-11-15(13-22-7-2-1-3-8-22)16(14-5-6-14)12-17(18)19(24)21-27(25,26)23-9-4-10-23/h11-12,14H,1-10,13H2,(H,21,24). The van der Waals surface area contributed by atoms with E-state index < -0.39 is 21.9 Å². The second kappa shape index (κ2) is 7.48. The fraction of sp³-hybridized carbons (Fsp3) is 0.632. The van der Waals surface area contributed by atoms with E-state index in [9.17, 15) is 17.6 Å². The smallest absolute Gasteiger partial charge is 0.299 e. The molecule has 1 N–H and O–H groups in total. The highest BCUT2D eigenvalue weighted by Gasteiger charge is 2.32. The number of nitrogens with zero attached hydrogens (tertiary/aromatic N) is 2. The van der Waals surface area contributed by atoms with Gasteiger partial charge in [-0.3, -0.25) is 9.69 Å². The van der Waals surface area contributed by atoms with Gasteiger partial charge in [0.15, 0.2) is 0 Å². The molecule has 2 saturated heterocycles. The normalized spacial score (nSPS) is 21.7. The largest absolute Gasteiger partial charge is 0.304 e.